The molecule has 0 unspecified atom stereocenters. The molecule has 1 amide bonds. The van der Waals surface area contributed by atoms with Crippen molar-refractivity contribution in [3.05, 3.63) is 28.4 Å². The number of pyridine rings is 1. The van der Waals surface area contributed by atoms with Crippen LogP contribution >= 0.6 is 0 Å². The van der Waals surface area contributed by atoms with Gasteiger partial charge in [0.2, 0.25) is 5.91 Å². The van der Waals surface area contributed by atoms with Crippen LogP contribution in [0.3, 0.4) is 0 Å². The summed E-state index contributed by atoms with van der Waals surface area (Å²) < 4.78 is 0. The molecule has 0 spiro atoms. The number of nitrogens with one attached hydrogen (secondary N) is 2. The maximum Gasteiger partial charge on any atom is 0.363 e. The molecular weight excluding hydrogens is 224 g/mol. The number of amides is 1. The maximum absolute atomic E-state index is 11.3. The molecule has 1 aromatic rings. The molecule has 1 aliphatic rings. The highest BCUT2D eigenvalue weighted by molar-refractivity contribution is 5.81. The zero-order valence-corrected chi connectivity index (χ0v) is 9.05. The number of hydrogen-bond acceptors (Lipinski definition) is 5. The quantitative estimate of drug-likeness (QED) is 0.578. The number of nitro groups is 1. The Hall–Kier alpha value is -2.18. The summed E-state index contributed by atoms with van der Waals surface area (Å²) in [6, 6.07) is 3.15. The van der Waals surface area contributed by atoms with Crippen LogP contribution in [-0.4, -0.2) is 28.4 Å². The van der Waals surface area contributed by atoms with Crippen LogP contribution in [0.2, 0.25) is 0 Å². The first kappa shape index (κ1) is 11.3. The third kappa shape index (κ3) is 3.40. The molecule has 90 valence electrons. The predicted molar refractivity (Wildman–Crippen MR) is 60.5 cm³/mol. The molecule has 0 aliphatic heterocycles. The topological polar surface area (TPSA) is 97.2 Å². The van der Waals surface area contributed by atoms with Gasteiger partial charge in [0, 0.05) is 12.1 Å². The highest BCUT2D eigenvalue weighted by atomic mass is 16.6. The van der Waals surface area contributed by atoms with Crippen LogP contribution in [0.25, 0.3) is 0 Å². The van der Waals surface area contributed by atoms with Gasteiger partial charge in [-0.3, -0.25) is 4.79 Å². The minimum atomic E-state index is -0.566. The molecule has 0 bridgehead atoms. The zero-order chi connectivity index (χ0) is 12.3. The van der Waals surface area contributed by atoms with Crippen LogP contribution < -0.4 is 10.6 Å². The van der Waals surface area contributed by atoms with Crippen LogP contribution in [0.15, 0.2) is 18.3 Å². The molecular formula is C10H12N4O3. The summed E-state index contributed by atoms with van der Waals surface area (Å²) in [5.74, 6) is -0.288. The minimum absolute atomic E-state index is 0.0779. The molecule has 2 N–H and O–H groups in total. The van der Waals surface area contributed by atoms with Gasteiger partial charge in [-0.15, -0.1) is 0 Å². The van der Waals surface area contributed by atoms with Crippen LogP contribution in [-0.2, 0) is 4.79 Å². The Labute approximate surface area is 97.4 Å². The van der Waals surface area contributed by atoms with Crippen LogP contribution in [0.4, 0.5) is 11.5 Å². The summed E-state index contributed by atoms with van der Waals surface area (Å²) >= 11 is 0. The first-order chi connectivity index (χ1) is 8.15. The van der Waals surface area contributed by atoms with Gasteiger partial charge in [0.1, 0.15) is 0 Å². The normalized spacial score (nSPS) is 14.1. The first-order valence-corrected chi connectivity index (χ1v) is 5.29. The van der Waals surface area contributed by atoms with E-state index in [1.165, 1.54) is 18.3 Å². The second kappa shape index (κ2) is 4.77. The van der Waals surface area contributed by atoms with E-state index >= 15 is 0 Å². The molecule has 17 heavy (non-hydrogen) atoms. The van der Waals surface area contributed by atoms with Gasteiger partial charge in [0.15, 0.2) is 6.20 Å². The van der Waals surface area contributed by atoms with Crippen LogP contribution in [0, 0.1) is 10.1 Å². The maximum atomic E-state index is 11.3. The zero-order valence-electron chi connectivity index (χ0n) is 9.05. The number of anilines is 1. The fraction of sp³-hybridized carbons (Fsp3) is 0.400. The Morgan fingerprint density at radius 1 is 1.53 bits per heavy atom. The molecule has 7 nitrogen and oxygen atoms in total. The summed E-state index contributed by atoms with van der Waals surface area (Å²) in [7, 11) is 0. The second-order valence-electron chi connectivity index (χ2n) is 3.86. The number of nitrogens with zero attached hydrogens (tertiary/aromatic N) is 2. The number of carbonyl (C=O) groups excluding carboxylic acids is 1. The smallest absolute Gasteiger partial charge is 0.363 e. The molecule has 1 aromatic heterocycles. The third-order valence-electron chi connectivity index (χ3n) is 2.33. The van der Waals surface area contributed by atoms with Crippen LogP contribution in [0.1, 0.15) is 12.8 Å². The summed E-state index contributed by atoms with van der Waals surface area (Å²) in [5.41, 5.74) is 0.585. The summed E-state index contributed by atoms with van der Waals surface area (Å²) in [6.45, 7) is 0.149. The fourth-order valence-electron chi connectivity index (χ4n) is 1.29. The van der Waals surface area contributed by atoms with Gasteiger partial charge in [-0.05, 0) is 28.8 Å². The lowest BCUT2D eigenvalue weighted by Gasteiger charge is -2.05. The number of rotatable bonds is 5. The average molecular weight is 236 g/mol. The molecule has 0 radical (unpaired) electrons. The van der Waals surface area contributed by atoms with Gasteiger partial charge in [0.05, 0.1) is 12.2 Å². The van der Waals surface area contributed by atoms with Gasteiger partial charge in [-0.1, -0.05) is 0 Å². The monoisotopic (exact) mass is 236 g/mol. The lowest BCUT2D eigenvalue weighted by Crippen LogP contribution is -2.31. The predicted octanol–water partition coefficient (Wildman–Crippen LogP) is 0.680. The van der Waals surface area contributed by atoms with Gasteiger partial charge in [-0.25, -0.2) is 0 Å². The largest absolute Gasteiger partial charge is 0.373 e. The van der Waals surface area contributed by atoms with Crippen LogP contribution in [0.5, 0.6) is 0 Å². The Balaban J connectivity index is 1.81. The Kier molecular flexibility index (Phi) is 3.17. The van der Waals surface area contributed by atoms with Crippen molar-refractivity contribution >= 4 is 17.4 Å². The van der Waals surface area contributed by atoms with E-state index in [0.29, 0.717) is 11.7 Å². The highest BCUT2D eigenvalue weighted by Gasteiger charge is 2.22. The molecule has 1 fully saturated rings. The molecule has 0 atom stereocenters. The van der Waals surface area contributed by atoms with E-state index < -0.39 is 4.92 Å². The van der Waals surface area contributed by atoms with Crippen molar-refractivity contribution in [1.29, 1.82) is 0 Å². The molecule has 1 aliphatic carbocycles. The van der Waals surface area contributed by atoms with Gasteiger partial charge in [-0.2, -0.15) is 0 Å². The van der Waals surface area contributed by atoms with Crippen molar-refractivity contribution in [3.8, 4) is 0 Å². The van der Waals surface area contributed by atoms with E-state index in [1.807, 2.05) is 0 Å². The molecule has 7 heteroatoms. The van der Waals surface area contributed by atoms with Crippen molar-refractivity contribution in [2.24, 2.45) is 0 Å². The summed E-state index contributed by atoms with van der Waals surface area (Å²) in [4.78, 5) is 24.8. The molecule has 2 rings (SSSR count). The van der Waals surface area contributed by atoms with E-state index in [4.69, 9.17) is 0 Å². The SMILES string of the molecule is O=C(CNc1ccc([N+](=O)[O-])nc1)NC1CC1. The van der Waals surface area contributed by atoms with E-state index in [2.05, 4.69) is 15.6 Å². The van der Waals surface area contributed by atoms with Crippen molar-refractivity contribution < 1.29 is 9.72 Å². The van der Waals surface area contributed by atoms with Gasteiger partial charge >= 0.3 is 5.82 Å². The lowest BCUT2D eigenvalue weighted by molar-refractivity contribution is -0.389. The second-order valence-corrected chi connectivity index (χ2v) is 3.86. The number of hydrogen-bond donors (Lipinski definition) is 2. The fourth-order valence-corrected chi connectivity index (χ4v) is 1.29. The van der Waals surface area contributed by atoms with Gasteiger partial charge < -0.3 is 20.7 Å². The van der Waals surface area contributed by atoms with E-state index in [0.717, 1.165) is 12.8 Å². The van der Waals surface area contributed by atoms with E-state index in [1.54, 1.807) is 0 Å². The first-order valence-electron chi connectivity index (χ1n) is 5.29. The van der Waals surface area contributed by atoms with E-state index in [9.17, 15) is 14.9 Å². The molecule has 0 saturated heterocycles. The lowest BCUT2D eigenvalue weighted by atomic mass is 10.4. The molecule has 1 saturated carbocycles. The summed E-state index contributed by atoms with van der Waals surface area (Å²) in [5, 5.41) is 16.0. The average Bonchev–Trinajstić information content (AvgIpc) is 3.11. The number of aromatic nitrogens is 1. The highest BCUT2D eigenvalue weighted by Crippen LogP contribution is 2.18. The minimum Gasteiger partial charge on any atom is -0.373 e. The third-order valence-corrected chi connectivity index (χ3v) is 2.33. The Morgan fingerprint density at radius 2 is 2.29 bits per heavy atom. The molecule has 1 heterocycles. The van der Waals surface area contributed by atoms with Crippen molar-refractivity contribution in [1.82, 2.24) is 10.3 Å². The Bertz CT molecular complexity index is 428. The van der Waals surface area contributed by atoms with Crippen molar-refractivity contribution in [2.75, 3.05) is 11.9 Å². The van der Waals surface area contributed by atoms with Crippen molar-refractivity contribution in [3.63, 3.8) is 0 Å². The standard InChI is InChI=1S/C10H12N4O3/c15-10(13-7-1-2-7)6-11-8-3-4-9(12-5-8)14(16)17/h3-5,7,11H,1-2,6H2,(H,13,15). The summed E-state index contributed by atoms with van der Waals surface area (Å²) in [6.07, 6.45) is 3.43. The van der Waals surface area contributed by atoms with E-state index in [-0.39, 0.29) is 18.3 Å². The molecule has 0 aromatic carbocycles. The number of carbonyl (C=O) groups is 1. The van der Waals surface area contributed by atoms with Crippen molar-refractivity contribution in [2.45, 2.75) is 18.9 Å². The Morgan fingerprint density at radius 3 is 2.82 bits per heavy atom. The van der Waals surface area contributed by atoms with Gasteiger partial charge in [0.25, 0.3) is 0 Å².